The predicted molar refractivity (Wildman–Crippen MR) is 68.5 cm³/mol. The van der Waals surface area contributed by atoms with Crippen molar-refractivity contribution in [2.24, 2.45) is 0 Å². The first-order valence-electron chi connectivity index (χ1n) is 5.01. The highest BCUT2D eigenvalue weighted by Gasteiger charge is 2.15. The second-order valence-corrected chi connectivity index (χ2v) is 4.31. The number of amides is 1. The molecular formula is C12H11BrN2O2. The van der Waals surface area contributed by atoms with Gasteiger partial charge in [0.2, 0.25) is 0 Å². The monoisotopic (exact) mass is 294 g/mol. The van der Waals surface area contributed by atoms with Gasteiger partial charge in [-0.2, -0.15) is 0 Å². The quantitative estimate of drug-likeness (QED) is 0.632. The summed E-state index contributed by atoms with van der Waals surface area (Å²) < 4.78 is 0.629. The van der Waals surface area contributed by atoms with Gasteiger partial charge in [-0.3, -0.25) is 9.63 Å². The molecule has 0 atom stereocenters. The summed E-state index contributed by atoms with van der Waals surface area (Å²) in [5.74, 6) is -0.202. The maximum Gasteiger partial charge on any atom is 0.277 e. The van der Waals surface area contributed by atoms with Gasteiger partial charge in [-0.25, -0.2) is 10.0 Å². The average molecular weight is 295 g/mol. The summed E-state index contributed by atoms with van der Waals surface area (Å²) >= 11 is 3.30. The number of rotatable bonds is 2. The molecule has 0 aliphatic rings. The molecule has 0 N–H and O–H groups in total. The molecule has 0 bridgehead atoms. The molecule has 17 heavy (non-hydrogen) atoms. The minimum Gasteiger partial charge on any atom is -0.274 e. The lowest BCUT2D eigenvalue weighted by atomic mass is 10.1. The first kappa shape index (κ1) is 12.0. The number of hydroxylamine groups is 2. The Hall–Kier alpha value is -1.46. The van der Waals surface area contributed by atoms with Crippen molar-refractivity contribution < 1.29 is 9.63 Å². The van der Waals surface area contributed by atoms with E-state index in [1.807, 2.05) is 24.3 Å². The fourth-order valence-corrected chi connectivity index (χ4v) is 1.99. The Balaban J connectivity index is 2.64. The first-order valence-corrected chi connectivity index (χ1v) is 5.80. The number of carbonyl (C=O) groups is 1. The fraction of sp³-hybridized carbons (Fsp3) is 0.167. The molecule has 0 spiro atoms. The Kier molecular flexibility index (Phi) is 3.40. The van der Waals surface area contributed by atoms with Gasteiger partial charge in [-0.05, 0) is 28.1 Å². The van der Waals surface area contributed by atoms with Crippen molar-refractivity contribution in [3.05, 3.63) is 40.5 Å². The number of nitrogens with zero attached hydrogens (tertiary/aromatic N) is 2. The Labute approximate surface area is 107 Å². The van der Waals surface area contributed by atoms with Crippen molar-refractivity contribution in [1.82, 2.24) is 10.0 Å². The van der Waals surface area contributed by atoms with Crippen LogP contribution in [0.15, 0.2) is 34.9 Å². The molecule has 0 fully saturated rings. The van der Waals surface area contributed by atoms with E-state index in [2.05, 4.69) is 20.9 Å². The number of aromatic nitrogens is 1. The van der Waals surface area contributed by atoms with E-state index in [0.29, 0.717) is 10.2 Å². The Morgan fingerprint density at radius 3 is 2.82 bits per heavy atom. The maximum atomic E-state index is 12.1. The molecule has 4 nitrogen and oxygen atoms in total. The zero-order valence-electron chi connectivity index (χ0n) is 9.48. The van der Waals surface area contributed by atoms with E-state index in [1.165, 1.54) is 12.2 Å². The van der Waals surface area contributed by atoms with Crippen LogP contribution in [0.2, 0.25) is 0 Å². The molecular weight excluding hydrogens is 284 g/mol. The van der Waals surface area contributed by atoms with Crippen LogP contribution in [-0.4, -0.2) is 30.1 Å². The lowest BCUT2D eigenvalue weighted by molar-refractivity contribution is -0.0755. The Bertz CT molecular complexity index is 571. The van der Waals surface area contributed by atoms with E-state index in [-0.39, 0.29) is 5.91 Å². The third-order valence-electron chi connectivity index (χ3n) is 2.48. The van der Waals surface area contributed by atoms with E-state index in [0.717, 1.165) is 10.9 Å². The largest absolute Gasteiger partial charge is 0.277 e. The number of benzene rings is 1. The second-order valence-electron chi connectivity index (χ2n) is 3.49. The molecule has 2 aromatic rings. The van der Waals surface area contributed by atoms with Crippen molar-refractivity contribution in [1.29, 1.82) is 0 Å². The van der Waals surface area contributed by atoms with E-state index in [9.17, 15) is 4.79 Å². The SMILES string of the molecule is CON(C)C(=O)c1cc(Br)nc2ccccc12. The average Bonchev–Trinajstić information content (AvgIpc) is 2.35. The maximum absolute atomic E-state index is 12.1. The van der Waals surface area contributed by atoms with Gasteiger partial charge in [0.15, 0.2) is 0 Å². The number of hydrogen-bond acceptors (Lipinski definition) is 3. The second kappa shape index (κ2) is 4.81. The Morgan fingerprint density at radius 2 is 2.12 bits per heavy atom. The molecule has 0 saturated carbocycles. The molecule has 0 radical (unpaired) electrons. The molecule has 0 saturated heterocycles. The van der Waals surface area contributed by atoms with E-state index >= 15 is 0 Å². The van der Waals surface area contributed by atoms with Gasteiger partial charge < -0.3 is 0 Å². The number of fused-ring (bicyclic) bond motifs is 1. The number of halogens is 1. The lowest BCUT2D eigenvalue weighted by Gasteiger charge is -2.15. The number of pyridine rings is 1. The van der Waals surface area contributed by atoms with E-state index < -0.39 is 0 Å². The summed E-state index contributed by atoms with van der Waals surface area (Å²) in [5, 5.41) is 2.00. The van der Waals surface area contributed by atoms with Gasteiger partial charge >= 0.3 is 0 Å². The number of carbonyl (C=O) groups excluding carboxylic acids is 1. The van der Waals surface area contributed by atoms with Crippen molar-refractivity contribution in [3.8, 4) is 0 Å². The predicted octanol–water partition coefficient (Wildman–Crippen LogP) is 2.63. The summed E-state index contributed by atoms with van der Waals surface area (Å²) in [7, 11) is 3.03. The van der Waals surface area contributed by atoms with Crippen molar-refractivity contribution in [3.63, 3.8) is 0 Å². The summed E-state index contributed by atoms with van der Waals surface area (Å²) in [5.41, 5.74) is 1.33. The highest BCUT2D eigenvalue weighted by molar-refractivity contribution is 9.10. The van der Waals surface area contributed by atoms with Crippen LogP contribution >= 0.6 is 15.9 Å². The molecule has 1 aromatic carbocycles. The van der Waals surface area contributed by atoms with Gasteiger partial charge in [0.25, 0.3) is 5.91 Å². The molecule has 2 rings (SSSR count). The number of hydrogen-bond donors (Lipinski definition) is 0. The minimum absolute atomic E-state index is 0.202. The summed E-state index contributed by atoms with van der Waals surface area (Å²) in [4.78, 5) is 21.3. The molecule has 1 amide bonds. The van der Waals surface area contributed by atoms with Gasteiger partial charge in [0, 0.05) is 12.4 Å². The molecule has 88 valence electrons. The smallest absolute Gasteiger partial charge is 0.274 e. The molecule has 0 unspecified atom stereocenters. The van der Waals surface area contributed by atoms with Gasteiger partial charge in [0.05, 0.1) is 18.2 Å². The van der Waals surface area contributed by atoms with Crippen LogP contribution in [0.5, 0.6) is 0 Å². The molecule has 1 aromatic heterocycles. The van der Waals surface area contributed by atoms with E-state index in [4.69, 9.17) is 4.84 Å². The van der Waals surface area contributed by atoms with Crippen LogP contribution in [0, 0.1) is 0 Å². The highest BCUT2D eigenvalue weighted by Crippen LogP contribution is 2.22. The summed E-state index contributed by atoms with van der Waals surface area (Å²) in [6.45, 7) is 0. The van der Waals surface area contributed by atoms with Crippen LogP contribution in [-0.2, 0) is 4.84 Å². The molecule has 0 aliphatic heterocycles. The first-order chi connectivity index (χ1) is 8.13. The fourth-order valence-electron chi connectivity index (χ4n) is 1.57. The molecule has 0 aliphatic carbocycles. The summed E-state index contributed by atoms with van der Waals surface area (Å²) in [6, 6.07) is 9.19. The topological polar surface area (TPSA) is 42.4 Å². The number of para-hydroxylation sites is 1. The van der Waals surface area contributed by atoms with Crippen LogP contribution < -0.4 is 0 Å². The molecule has 1 heterocycles. The standard InChI is InChI=1S/C12H11BrN2O2/c1-15(17-2)12(16)9-7-11(13)14-10-6-4-3-5-8(9)10/h3-7H,1-2H3. The van der Waals surface area contributed by atoms with Crippen LogP contribution in [0.25, 0.3) is 10.9 Å². The van der Waals surface area contributed by atoms with Crippen LogP contribution in [0.3, 0.4) is 0 Å². The highest BCUT2D eigenvalue weighted by atomic mass is 79.9. The third kappa shape index (κ3) is 2.30. The summed E-state index contributed by atoms with van der Waals surface area (Å²) in [6.07, 6.45) is 0. The normalized spacial score (nSPS) is 10.5. The van der Waals surface area contributed by atoms with Crippen molar-refractivity contribution in [2.45, 2.75) is 0 Å². The van der Waals surface area contributed by atoms with Gasteiger partial charge in [0.1, 0.15) is 4.60 Å². The zero-order chi connectivity index (χ0) is 12.4. The van der Waals surface area contributed by atoms with E-state index in [1.54, 1.807) is 13.1 Å². The molecule has 5 heteroatoms. The van der Waals surface area contributed by atoms with Crippen molar-refractivity contribution in [2.75, 3.05) is 14.2 Å². The van der Waals surface area contributed by atoms with Crippen LogP contribution in [0.1, 0.15) is 10.4 Å². The Morgan fingerprint density at radius 1 is 1.41 bits per heavy atom. The van der Waals surface area contributed by atoms with Crippen molar-refractivity contribution >= 4 is 32.7 Å². The van der Waals surface area contributed by atoms with Gasteiger partial charge in [-0.15, -0.1) is 0 Å². The lowest BCUT2D eigenvalue weighted by Crippen LogP contribution is -2.25. The third-order valence-corrected chi connectivity index (χ3v) is 2.88. The van der Waals surface area contributed by atoms with Crippen LogP contribution in [0.4, 0.5) is 0 Å². The zero-order valence-corrected chi connectivity index (χ0v) is 11.1. The van der Waals surface area contributed by atoms with Gasteiger partial charge in [-0.1, -0.05) is 18.2 Å². The minimum atomic E-state index is -0.202.